The van der Waals surface area contributed by atoms with Crippen molar-refractivity contribution >= 4 is 11.6 Å². The first kappa shape index (κ1) is 11.8. The summed E-state index contributed by atoms with van der Waals surface area (Å²) in [5, 5.41) is 22.7. The zero-order valence-corrected chi connectivity index (χ0v) is 8.54. The molecule has 1 aromatic rings. The Morgan fingerprint density at radius 3 is 2.67 bits per heavy atom. The van der Waals surface area contributed by atoms with Crippen LogP contribution >= 0.6 is 11.6 Å². The van der Waals surface area contributed by atoms with Gasteiger partial charge in [-0.1, -0.05) is 34.9 Å². The molecular formula is C9H10ClN3O2. The highest BCUT2D eigenvalue weighted by atomic mass is 35.5. The molecule has 5 nitrogen and oxygen atoms in total. The molecule has 0 radical (unpaired) electrons. The molecule has 0 bridgehead atoms. The van der Waals surface area contributed by atoms with Gasteiger partial charge in [-0.15, -0.1) is 0 Å². The van der Waals surface area contributed by atoms with Crippen LogP contribution in [-0.2, 0) is 0 Å². The van der Waals surface area contributed by atoms with E-state index in [1.54, 1.807) is 24.3 Å². The first-order valence-electron chi connectivity index (χ1n) is 4.28. The summed E-state index contributed by atoms with van der Waals surface area (Å²) in [7, 11) is 0. The Morgan fingerprint density at radius 2 is 2.07 bits per heavy atom. The molecule has 0 aliphatic carbocycles. The van der Waals surface area contributed by atoms with Crippen LogP contribution in [-0.4, -0.2) is 22.9 Å². The zero-order valence-electron chi connectivity index (χ0n) is 7.79. The van der Waals surface area contributed by atoms with Crippen LogP contribution in [0.5, 0.6) is 0 Å². The second-order valence-electron chi connectivity index (χ2n) is 2.95. The van der Waals surface area contributed by atoms with Gasteiger partial charge in [0.25, 0.3) is 0 Å². The highest BCUT2D eigenvalue weighted by Crippen LogP contribution is 2.24. The van der Waals surface area contributed by atoms with Crippen molar-refractivity contribution in [2.75, 3.05) is 6.54 Å². The maximum Gasteiger partial charge on any atom is 0.106 e. The molecule has 0 aromatic heterocycles. The van der Waals surface area contributed by atoms with E-state index in [4.69, 9.17) is 17.1 Å². The maximum atomic E-state index is 9.68. The molecule has 0 fully saturated rings. The summed E-state index contributed by atoms with van der Waals surface area (Å²) in [6.45, 7) is -0.192. The molecule has 0 aliphatic rings. The summed E-state index contributed by atoms with van der Waals surface area (Å²) in [5.74, 6) is 0. The van der Waals surface area contributed by atoms with Crippen LogP contribution in [0, 0.1) is 0 Å². The smallest absolute Gasteiger partial charge is 0.106 e. The zero-order chi connectivity index (χ0) is 11.3. The van der Waals surface area contributed by atoms with Gasteiger partial charge in [-0.3, -0.25) is 0 Å². The molecule has 15 heavy (non-hydrogen) atoms. The molecule has 0 saturated heterocycles. The van der Waals surface area contributed by atoms with Gasteiger partial charge < -0.3 is 10.2 Å². The quantitative estimate of drug-likeness (QED) is 0.468. The number of hydrogen-bond donors (Lipinski definition) is 2. The maximum absolute atomic E-state index is 9.68. The van der Waals surface area contributed by atoms with E-state index < -0.39 is 12.2 Å². The minimum absolute atomic E-state index is 0.192. The summed E-state index contributed by atoms with van der Waals surface area (Å²) in [6, 6.07) is 6.63. The lowest BCUT2D eigenvalue weighted by Crippen LogP contribution is -2.21. The van der Waals surface area contributed by atoms with E-state index >= 15 is 0 Å². The highest BCUT2D eigenvalue weighted by molar-refractivity contribution is 6.31. The van der Waals surface area contributed by atoms with E-state index in [0.717, 1.165) is 0 Å². The van der Waals surface area contributed by atoms with Gasteiger partial charge in [0.1, 0.15) is 6.10 Å². The third kappa shape index (κ3) is 3.11. The van der Waals surface area contributed by atoms with Crippen molar-refractivity contribution in [2.45, 2.75) is 12.2 Å². The molecule has 0 saturated carbocycles. The Balaban J connectivity index is 2.79. The number of aliphatic hydroxyl groups excluding tert-OH is 2. The Bertz CT molecular complexity index is 379. The molecule has 0 spiro atoms. The van der Waals surface area contributed by atoms with Gasteiger partial charge in [-0.2, -0.15) is 0 Å². The van der Waals surface area contributed by atoms with Crippen LogP contribution in [0.25, 0.3) is 10.4 Å². The average molecular weight is 228 g/mol. The molecule has 2 N–H and O–H groups in total. The lowest BCUT2D eigenvalue weighted by atomic mass is 10.0. The molecule has 80 valence electrons. The normalized spacial score (nSPS) is 14.1. The van der Waals surface area contributed by atoms with E-state index in [1.165, 1.54) is 0 Å². The van der Waals surface area contributed by atoms with Crippen LogP contribution in [0.4, 0.5) is 0 Å². The Kier molecular flexibility index (Phi) is 4.39. The van der Waals surface area contributed by atoms with Crippen LogP contribution in [0.1, 0.15) is 11.7 Å². The lowest BCUT2D eigenvalue weighted by Gasteiger charge is -2.17. The molecule has 0 heterocycles. The lowest BCUT2D eigenvalue weighted by molar-refractivity contribution is 0.0245. The van der Waals surface area contributed by atoms with Crippen molar-refractivity contribution < 1.29 is 10.2 Å². The molecule has 0 amide bonds. The fraction of sp³-hybridized carbons (Fsp3) is 0.333. The number of benzene rings is 1. The van der Waals surface area contributed by atoms with E-state index in [0.29, 0.717) is 10.6 Å². The number of azide groups is 1. The van der Waals surface area contributed by atoms with Gasteiger partial charge >= 0.3 is 0 Å². The number of halogens is 1. The summed E-state index contributed by atoms with van der Waals surface area (Å²) in [4.78, 5) is 2.50. The van der Waals surface area contributed by atoms with Gasteiger partial charge in [0.2, 0.25) is 0 Å². The fourth-order valence-corrected chi connectivity index (χ4v) is 1.39. The predicted molar refractivity (Wildman–Crippen MR) is 56.4 cm³/mol. The monoisotopic (exact) mass is 227 g/mol. The van der Waals surface area contributed by atoms with Gasteiger partial charge in [-0.05, 0) is 11.6 Å². The Morgan fingerprint density at radius 1 is 1.40 bits per heavy atom. The summed E-state index contributed by atoms with van der Waals surface area (Å²) in [5.41, 5.74) is 8.48. The van der Waals surface area contributed by atoms with Crippen LogP contribution in [0.2, 0.25) is 5.02 Å². The van der Waals surface area contributed by atoms with Gasteiger partial charge in [0, 0.05) is 15.5 Å². The van der Waals surface area contributed by atoms with Crippen molar-refractivity contribution in [1.82, 2.24) is 0 Å². The molecule has 2 unspecified atom stereocenters. The Labute approximate surface area is 91.6 Å². The van der Waals surface area contributed by atoms with E-state index in [-0.39, 0.29) is 6.54 Å². The molecular weight excluding hydrogens is 218 g/mol. The van der Waals surface area contributed by atoms with Crippen LogP contribution in [0.15, 0.2) is 29.4 Å². The SMILES string of the molecule is [N-]=[N+]=NCC(O)C(O)c1ccccc1Cl. The van der Waals surface area contributed by atoms with Crippen molar-refractivity contribution in [3.63, 3.8) is 0 Å². The van der Waals surface area contributed by atoms with Gasteiger partial charge in [0.15, 0.2) is 0 Å². The average Bonchev–Trinajstić information content (AvgIpc) is 2.25. The highest BCUT2D eigenvalue weighted by Gasteiger charge is 2.19. The molecule has 1 aromatic carbocycles. The molecule has 0 aliphatic heterocycles. The van der Waals surface area contributed by atoms with Crippen molar-refractivity contribution in [3.8, 4) is 0 Å². The first-order valence-corrected chi connectivity index (χ1v) is 4.66. The largest absolute Gasteiger partial charge is 0.390 e. The topological polar surface area (TPSA) is 89.2 Å². The second kappa shape index (κ2) is 5.58. The van der Waals surface area contributed by atoms with Gasteiger partial charge in [-0.25, -0.2) is 0 Å². The summed E-state index contributed by atoms with van der Waals surface area (Å²) < 4.78 is 0. The summed E-state index contributed by atoms with van der Waals surface area (Å²) in [6.07, 6.45) is -2.30. The van der Waals surface area contributed by atoms with Crippen molar-refractivity contribution in [1.29, 1.82) is 0 Å². The first-order chi connectivity index (χ1) is 7.16. The number of rotatable bonds is 4. The molecule has 6 heteroatoms. The van der Waals surface area contributed by atoms with Crippen molar-refractivity contribution in [3.05, 3.63) is 45.3 Å². The standard InChI is InChI=1S/C9H10ClN3O2/c10-7-4-2-1-3-6(7)9(15)8(14)5-12-13-11/h1-4,8-9,14-15H,5H2. The van der Waals surface area contributed by atoms with E-state index in [9.17, 15) is 10.2 Å². The van der Waals surface area contributed by atoms with Crippen molar-refractivity contribution in [2.24, 2.45) is 5.11 Å². The molecule has 1 rings (SSSR count). The van der Waals surface area contributed by atoms with Crippen LogP contribution in [0.3, 0.4) is 0 Å². The second-order valence-corrected chi connectivity index (χ2v) is 3.35. The minimum atomic E-state index is -1.15. The van der Waals surface area contributed by atoms with Gasteiger partial charge in [0.05, 0.1) is 12.6 Å². The fourth-order valence-electron chi connectivity index (χ4n) is 1.14. The minimum Gasteiger partial charge on any atom is -0.390 e. The third-order valence-electron chi connectivity index (χ3n) is 1.92. The number of nitrogens with zero attached hydrogens (tertiary/aromatic N) is 3. The number of hydrogen-bond acceptors (Lipinski definition) is 3. The Hall–Kier alpha value is -1.26. The number of aliphatic hydroxyl groups is 2. The molecule has 2 atom stereocenters. The predicted octanol–water partition coefficient (Wildman–Crippen LogP) is 2.04. The van der Waals surface area contributed by atoms with E-state index in [1.807, 2.05) is 0 Å². The van der Waals surface area contributed by atoms with E-state index in [2.05, 4.69) is 10.0 Å². The van der Waals surface area contributed by atoms with Crippen LogP contribution < -0.4 is 0 Å². The third-order valence-corrected chi connectivity index (χ3v) is 2.26. The summed E-state index contributed by atoms with van der Waals surface area (Å²) >= 11 is 5.82.